The molecule has 2 aromatic heterocycles. The highest BCUT2D eigenvalue weighted by atomic mass is 16.5. The first-order valence-electron chi connectivity index (χ1n) is 7.09. The van der Waals surface area contributed by atoms with Crippen LogP contribution in [0.1, 0.15) is 21.9 Å². The molecule has 0 radical (unpaired) electrons. The molecule has 0 saturated heterocycles. The minimum absolute atomic E-state index is 0.0769. The molecule has 0 aliphatic rings. The summed E-state index contributed by atoms with van der Waals surface area (Å²) >= 11 is 0. The number of nitrogens with zero attached hydrogens (tertiary/aromatic N) is 2. The summed E-state index contributed by atoms with van der Waals surface area (Å²) in [4.78, 5) is 10.8. The molecule has 6 nitrogen and oxygen atoms in total. The second-order valence-corrected chi connectivity index (χ2v) is 5.18. The van der Waals surface area contributed by atoms with Crippen LogP contribution in [0.2, 0.25) is 0 Å². The van der Waals surface area contributed by atoms with E-state index in [0.717, 1.165) is 22.7 Å². The minimum atomic E-state index is -1.08. The monoisotopic (exact) mass is 312 g/mol. The van der Waals surface area contributed by atoms with Crippen molar-refractivity contribution in [2.45, 2.75) is 13.5 Å². The van der Waals surface area contributed by atoms with Crippen molar-refractivity contribution < 1.29 is 19.1 Å². The quantitative estimate of drug-likeness (QED) is 0.782. The fraction of sp³-hybridized carbons (Fsp3) is 0.176. The molecule has 23 heavy (non-hydrogen) atoms. The van der Waals surface area contributed by atoms with Crippen LogP contribution in [-0.2, 0) is 13.7 Å². The molecular weight excluding hydrogens is 296 g/mol. The van der Waals surface area contributed by atoms with E-state index in [0.29, 0.717) is 12.4 Å². The van der Waals surface area contributed by atoms with Gasteiger partial charge in [0.2, 0.25) is 5.76 Å². The number of carbonyl (C=O) groups is 1. The maximum Gasteiger partial charge on any atom is 0.371 e. The molecule has 0 atom stereocenters. The predicted molar refractivity (Wildman–Crippen MR) is 83.4 cm³/mol. The molecule has 0 saturated carbocycles. The number of benzene rings is 1. The summed E-state index contributed by atoms with van der Waals surface area (Å²) in [5.41, 5.74) is 2.73. The summed E-state index contributed by atoms with van der Waals surface area (Å²) in [5.74, 6) is 0.0726. The number of aryl methyl sites for hydroxylation is 2. The van der Waals surface area contributed by atoms with Crippen LogP contribution in [0.25, 0.3) is 11.3 Å². The van der Waals surface area contributed by atoms with E-state index in [4.69, 9.17) is 14.3 Å². The molecule has 3 rings (SSSR count). The van der Waals surface area contributed by atoms with Crippen molar-refractivity contribution >= 4 is 5.97 Å². The van der Waals surface area contributed by atoms with Gasteiger partial charge in [0.25, 0.3) is 0 Å². The number of hydrogen-bond donors (Lipinski definition) is 1. The molecule has 6 heteroatoms. The third kappa shape index (κ3) is 3.26. The van der Waals surface area contributed by atoms with Crippen molar-refractivity contribution in [2.24, 2.45) is 7.05 Å². The van der Waals surface area contributed by atoms with Crippen LogP contribution in [0.4, 0.5) is 0 Å². The van der Waals surface area contributed by atoms with Crippen LogP contribution in [-0.4, -0.2) is 20.9 Å². The lowest BCUT2D eigenvalue weighted by atomic mass is 10.2. The Bertz CT molecular complexity index is 831. The number of furan rings is 1. The van der Waals surface area contributed by atoms with Crippen LogP contribution < -0.4 is 4.74 Å². The fourth-order valence-corrected chi connectivity index (χ4v) is 2.28. The Balaban J connectivity index is 1.69. The topological polar surface area (TPSA) is 77.5 Å². The number of aromatic carboxylic acids is 1. The Labute approximate surface area is 132 Å². The van der Waals surface area contributed by atoms with Crippen LogP contribution in [0.5, 0.6) is 5.75 Å². The zero-order valence-corrected chi connectivity index (χ0v) is 12.8. The second-order valence-electron chi connectivity index (χ2n) is 5.18. The van der Waals surface area contributed by atoms with Crippen LogP contribution >= 0.6 is 0 Å². The minimum Gasteiger partial charge on any atom is -0.487 e. The van der Waals surface area contributed by atoms with Crippen molar-refractivity contribution in [2.75, 3.05) is 0 Å². The average Bonchev–Trinajstić information content (AvgIpc) is 3.13. The van der Waals surface area contributed by atoms with Crippen molar-refractivity contribution in [1.29, 1.82) is 0 Å². The van der Waals surface area contributed by atoms with Crippen molar-refractivity contribution in [1.82, 2.24) is 9.78 Å². The van der Waals surface area contributed by atoms with Crippen molar-refractivity contribution in [3.05, 3.63) is 59.6 Å². The summed E-state index contributed by atoms with van der Waals surface area (Å²) in [7, 11) is 1.88. The molecular formula is C17H16N2O4. The Morgan fingerprint density at radius 1 is 1.26 bits per heavy atom. The molecule has 0 bridgehead atoms. The zero-order valence-electron chi connectivity index (χ0n) is 12.8. The smallest absolute Gasteiger partial charge is 0.371 e. The molecule has 1 aromatic carbocycles. The molecule has 3 aromatic rings. The van der Waals surface area contributed by atoms with E-state index in [9.17, 15) is 4.79 Å². The van der Waals surface area contributed by atoms with Gasteiger partial charge in [-0.3, -0.25) is 4.68 Å². The van der Waals surface area contributed by atoms with Crippen LogP contribution in [0.3, 0.4) is 0 Å². The fourth-order valence-electron chi connectivity index (χ4n) is 2.28. The largest absolute Gasteiger partial charge is 0.487 e. The van der Waals surface area contributed by atoms with E-state index >= 15 is 0 Å². The molecule has 0 amide bonds. The number of carboxylic acid groups (broad SMARTS) is 1. The van der Waals surface area contributed by atoms with Gasteiger partial charge in [0.05, 0.1) is 11.4 Å². The van der Waals surface area contributed by atoms with Gasteiger partial charge >= 0.3 is 5.97 Å². The molecule has 0 spiro atoms. The SMILES string of the molecule is Cc1cc(COc2ccc(-c3ccc(C(=O)O)o3)cc2)n(C)n1. The molecule has 2 heterocycles. The van der Waals surface area contributed by atoms with E-state index in [-0.39, 0.29) is 5.76 Å². The summed E-state index contributed by atoms with van der Waals surface area (Å²) in [5, 5.41) is 13.1. The van der Waals surface area contributed by atoms with Gasteiger partial charge in [-0.1, -0.05) is 0 Å². The van der Waals surface area contributed by atoms with Gasteiger partial charge in [-0.15, -0.1) is 0 Å². The van der Waals surface area contributed by atoms with Gasteiger partial charge in [0.1, 0.15) is 18.1 Å². The van der Waals surface area contributed by atoms with E-state index in [1.165, 1.54) is 6.07 Å². The standard InChI is InChI=1S/C17H16N2O4/c1-11-9-13(19(2)18-11)10-22-14-5-3-12(4-6-14)15-7-8-16(23-15)17(20)21/h3-9H,10H2,1-2H3,(H,20,21). The summed E-state index contributed by atoms with van der Waals surface area (Å²) in [6.07, 6.45) is 0. The maximum absolute atomic E-state index is 10.8. The number of ether oxygens (including phenoxy) is 1. The highest BCUT2D eigenvalue weighted by Gasteiger charge is 2.10. The molecule has 1 N–H and O–H groups in total. The number of carboxylic acids is 1. The first-order chi connectivity index (χ1) is 11.0. The third-order valence-corrected chi connectivity index (χ3v) is 3.44. The van der Waals surface area contributed by atoms with Crippen LogP contribution in [0.15, 0.2) is 46.9 Å². The predicted octanol–water partition coefficient (Wildman–Crippen LogP) is 3.27. The van der Waals surface area contributed by atoms with Crippen molar-refractivity contribution in [3.63, 3.8) is 0 Å². The Morgan fingerprint density at radius 3 is 2.57 bits per heavy atom. The van der Waals surface area contributed by atoms with Gasteiger partial charge in [-0.05, 0) is 49.4 Å². The lowest BCUT2D eigenvalue weighted by Crippen LogP contribution is -2.02. The zero-order chi connectivity index (χ0) is 16.4. The van der Waals surface area contributed by atoms with Gasteiger partial charge < -0.3 is 14.3 Å². The van der Waals surface area contributed by atoms with Crippen molar-refractivity contribution in [3.8, 4) is 17.1 Å². The normalized spacial score (nSPS) is 10.7. The van der Waals surface area contributed by atoms with E-state index < -0.39 is 5.97 Å². The summed E-state index contributed by atoms with van der Waals surface area (Å²) < 4.78 is 12.8. The first-order valence-corrected chi connectivity index (χ1v) is 7.09. The molecule has 0 aliphatic carbocycles. The van der Waals surface area contributed by atoms with Crippen LogP contribution in [0, 0.1) is 6.92 Å². The lowest BCUT2D eigenvalue weighted by molar-refractivity contribution is 0.0663. The number of aromatic nitrogens is 2. The Hall–Kier alpha value is -3.02. The summed E-state index contributed by atoms with van der Waals surface area (Å²) in [6.45, 7) is 2.37. The number of rotatable bonds is 5. The highest BCUT2D eigenvalue weighted by Crippen LogP contribution is 2.25. The Morgan fingerprint density at radius 2 is 2.00 bits per heavy atom. The lowest BCUT2D eigenvalue weighted by Gasteiger charge is -2.07. The summed E-state index contributed by atoms with van der Waals surface area (Å²) in [6, 6.07) is 12.3. The maximum atomic E-state index is 10.8. The third-order valence-electron chi connectivity index (χ3n) is 3.44. The molecule has 118 valence electrons. The van der Waals surface area contributed by atoms with E-state index in [1.54, 1.807) is 10.7 Å². The first kappa shape index (κ1) is 14.9. The van der Waals surface area contributed by atoms with E-state index in [1.807, 2.05) is 44.3 Å². The molecule has 0 unspecified atom stereocenters. The Kier molecular flexibility index (Phi) is 3.89. The van der Waals surface area contributed by atoms with Gasteiger partial charge in [-0.25, -0.2) is 4.79 Å². The van der Waals surface area contributed by atoms with Gasteiger partial charge in [0.15, 0.2) is 0 Å². The average molecular weight is 312 g/mol. The molecule has 0 aliphatic heterocycles. The number of hydrogen-bond acceptors (Lipinski definition) is 4. The van der Waals surface area contributed by atoms with Gasteiger partial charge in [0, 0.05) is 12.6 Å². The second kappa shape index (κ2) is 6.00. The van der Waals surface area contributed by atoms with Gasteiger partial charge in [-0.2, -0.15) is 5.10 Å². The van der Waals surface area contributed by atoms with E-state index in [2.05, 4.69) is 5.10 Å². The highest BCUT2D eigenvalue weighted by molar-refractivity contribution is 5.85. The molecule has 0 fully saturated rings.